The predicted molar refractivity (Wildman–Crippen MR) is 355 cm³/mol. The van der Waals surface area contributed by atoms with Crippen molar-refractivity contribution in [2.45, 2.75) is 402 Å². The molecule has 2 fully saturated rings. The minimum Gasteiger partial charge on any atom is -0.394 e. The maximum Gasteiger partial charge on any atom is 0.220 e. The Kier molecular flexibility index (Phi) is 54.3. The molecular formula is C73H137NO13. The molecule has 87 heavy (non-hydrogen) atoms. The first-order chi connectivity index (χ1) is 42.6. The lowest BCUT2D eigenvalue weighted by molar-refractivity contribution is -0.359. The van der Waals surface area contributed by atoms with Gasteiger partial charge in [0.2, 0.25) is 5.91 Å². The number of carbonyl (C=O) groups excluding carboxylic acids is 1. The Morgan fingerprint density at radius 1 is 0.414 bits per heavy atom. The van der Waals surface area contributed by atoms with E-state index < -0.39 is 86.8 Å². The lowest BCUT2D eigenvalue weighted by atomic mass is 9.97. The van der Waals surface area contributed by atoms with Crippen LogP contribution >= 0.6 is 0 Å². The average molecular weight is 1240 g/mol. The van der Waals surface area contributed by atoms with E-state index in [1.807, 2.05) is 6.08 Å². The molecule has 0 aliphatic carbocycles. The molecule has 2 saturated heterocycles. The van der Waals surface area contributed by atoms with Gasteiger partial charge in [0.25, 0.3) is 0 Å². The molecule has 12 unspecified atom stereocenters. The highest BCUT2D eigenvalue weighted by molar-refractivity contribution is 5.76. The smallest absolute Gasteiger partial charge is 0.220 e. The SMILES string of the molecule is CCCCCCC/C=C\C/C=C\CCCCCCCCCCCCCCCCCCCCCCCCCC(=O)NC(COC1OC(CO)C(OC2OC(CO)C(O)C(O)C2O)C(O)C1O)C(O)/C=C/CCCCCCCCCCCCCCCCCC. The fourth-order valence-electron chi connectivity index (χ4n) is 12.2. The van der Waals surface area contributed by atoms with E-state index in [-0.39, 0.29) is 18.9 Å². The molecule has 0 bridgehead atoms. The van der Waals surface area contributed by atoms with Crippen LogP contribution in [0.2, 0.25) is 0 Å². The number of hydrogen-bond donors (Lipinski definition) is 9. The van der Waals surface area contributed by atoms with E-state index in [9.17, 15) is 45.6 Å². The fraction of sp³-hybridized carbons (Fsp3) is 0.904. The molecule has 9 N–H and O–H groups in total. The maximum absolute atomic E-state index is 13.3. The highest BCUT2D eigenvalue weighted by Crippen LogP contribution is 2.30. The van der Waals surface area contributed by atoms with Gasteiger partial charge in [0.15, 0.2) is 12.6 Å². The van der Waals surface area contributed by atoms with Gasteiger partial charge >= 0.3 is 0 Å². The third kappa shape index (κ3) is 42.1. The van der Waals surface area contributed by atoms with Crippen molar-refractivity contribution in [3.8, 4) is 0 Å². The largest absolute Gasteiger partial charge is 0.394 e. The summed E-state index contributed by atoms with van der Waals surface area (Å²) in [6.45, 7) is 2.83. The van der Waals surface area contributed by atoms with E-state index in [1.54, 1.807) is 6.08 Å². The Morgan fingerprint density at radius 3 is 1.15 bits per heavy atom. The minimum absolute atomic E-state index is 0.233. The molecule has 1 amide bonds. The number of ether oxygens (including phenoxy) is 4. The van der Waals surface area contributed by atoms with Crippen molar-refractivity contribution in [1.82, 2.24) is 5.32 Å². The second kappa shape index (κ2) is 58.1. The standard InChI is InChI=1S/C73H137NO13/c1-3-5-7-9-11-13-15-17-19-21-23-24-25-26-27-28-29-30-31-32-33-34-35-36-37-38-39-41-43-45-47-49-51-53-55-57-65(78)74-61(62(77)56-54-52-50-48-46-44-42-40-22-20-18-16-14-12-10-8-6-4-2)60-84-72-70(83)68(81)71(64(59-76)86-72)87-73-69(82)67(80)66(79)63(58-75)85-73/h15,17,21,23,54,56,61-64,66-73,75-77,79-83H,3-14,16,18-20,22,24-53,55,57-60H2,1-2H3,(H,74,78)/b17-15-,23-21-,56-54+. The van der Waals surface area contributed by atoms with Gasteiger partial charge in [0.05, 0.1) is 32.0 Å². The Balaban J connectivity index is 1.60. The number of nitrogens with one attached hydrogen (secondary N) is 1. The van der Waals surface area contributed by atoms with Crippen LogP contribution in [0.4, 0.5) is 0 Å². The molecule has 0 radical (unpaired) electrons. The molecular weight excluding hydrogens is 1100 g/mol. The van der Waals surface area contributed by atoms with Crippen molar-refractivity contribution in [3.05, 3.63) is 36.5 Å². The van der Waals surface area contributed by atoms with Crippen LogP contribution in [0.5, 0.6) is 0 Å². The molecule has 512 valence electrons. The third-order valence-electron chi connectivity index (χ3n) is 18.1. The van der Waals surface area contributed by atoms with Crippen LogP contribution in [0.3, 0.4) is 0 Å². The van der Waals surface area contributed by atoms with Crippen molar-refractivity contribution < 1.29 is 64.6 Å². The molecule has 0 saturated carbocycles. The van der Waals surface area contributed by atoms with Gasteiger partial charge in [-0.15, -0.1) is 0 Å². The number of unbranched alkanes of at least 4 members (excludes halogenated alkanes) is 44. The molecule has 0 aromatic carbocycles. The van der Waals surface area contributed by atoms with Gasteiger partial charge in [0, 0.05) is 6.42 Å². The highest BCUT2D eigenvalue weighted by Gasteiger charge is 2.51. The Morgan fingerprint density at radius 2 is 0.759 bits per heavy atom. The van der Waals surface area contributed by atoms with Gasteiger partial charge in [-0.25, -0.2) is 0 Å². The van der Waals surface area contributed by atoms with Crippen molar-refractivity contribution in [2.75, 3.05) is 19.8 Å². The molecule has 2 rings (SSSR count). The summed E-state index contributed by atoms with van der Waals surface area (Å²) in [6.07, 6.45) is 57.9. The quantitative estimate of drug-likeness (QED) is 0.0204. The molecule has 0 spiro atoms. The summed E-state index contributed by atoms with van der Waals surface area (Å²) in [4.78, 5) is 13.3. The van der Waals surface area contributed by atoms with Crippen LogP contribution in [-0.2, 0) is 23.7 Å². The second-order valence-electron chi connectivity index (χ2n) is 26.1. The number of carbonyl (C=O) groups is 1. The molecule has 2 aliphatic rings. The van der Waals surface area contributed by atoms with Crippen LogP contribution < -0.4 is 5.32 Å². The molecule has 2 heterocycles. The van der Waals surface area contributed by atoms with Gasteiger partial charge in [-0.2, -0.15) is 0 Å². The third-order valence-corrected chi connectivity index (χ3v) is 18.1. The Bertz CT molecular complexity index is 1600. The number of allylic oxidation sites excluding steroid dienone is 5. The topological polar surface area (TPSA) is 228 Å². The Hall–Kier alpha value is -1.79. The van der Waals surface area contributed by atoms with Gasteiger partial charge in [-0.05, 0) is 51.4 Å². The number of aliphatic hydroxyl groups excluding tert-OH is 8. The first-order valence-electron chi connectivity index (χ1n) is 36.7. The van der Waals surface area contributed by atoms with Crippen LogP contribution in [0.25, 0.3) is 0 Å². The van der Waals surface area contributed by atoms with Crippen molar-refractivity contribution in [1.29, 1.82) is 0 Å². The van der Waals surface area contributed by atoms with E-state index in [0.717, 1.165) is 44.9 Å². The monoisotopic (exact) mass is 1240 g/mol. The molecule has 2 aliphatic heterocycles. The van der Waals surface area contributed by atoms with Gasteiger partial charge in [-0.1, -0.05) is 307 Å². The first kappa shape index (κ1) is 81.3. The number of rotatable bonds is 61. The zero-order chi connectivity index (χ0) is 63.1. The molecule has 14 heteroatoms. The summed E-state index contributed by atoms with van der Waals surface area (Å²) in [7, 11) is 0. The van der Waals surface area contributed by atoms with E-state index in [2.05, 4.69) is 43.5 Å². The zero-order valence-electron chi connectivity index (χ0n) is 55.8. The lowest BCUT2D eigenvalue weighted by Gasteiger charge is -2.46. The van der Waals surface area contributed by atoms with Crippen LogP contribution in [0, 0.1) is 0 Å². The summed E-state index contributed by atoms with van der Waals surface area (Å²) in [5, 5.41) is 87.4. The highest BCUT2D eigenvalue weighted by atomic mass is 16.7. The second-order valence-corrected chi connectivity index (χ2v) is 26.1. The molecule has 12 atom stereocenters. The predicted octanol–water partition coefficient (Wildman–Crippen LogP) is 15.3. The van der Waals surface area contributed by atoms with E-state index in [1.165, 1.54) is 257 Å². The number of amides is 1. The van der Waals surface area contributed by atoms with Crippen LogP contribution in [0.15, 0.2) is 36.5 Å². The molecule has 14 nitrogen and oxygen atoms in total. The van der Waals surface area contributed by atoms with E-state index in [4.69, 9.17) is 18.9 Å². The van der Waals surface area contributed by atoms with Crippen molar-refractivity contribution in [2.24, 2.45) is 0 Å². The maximum atomic E-state index is 13.3. The number of aliphatic hydroxyl groups is 8. The van der Waals surface area contributed by atoms with E-state index >= 15 is 0 Å². The first-order valence-corrected chi connectivity index (χ1v) is 36.7. The summed E-state index contributed by atoms with van der Waals surface area (Å²) >= 11 is 0. The zero-order valence-corrected chi connectivity index (χ0v) is 55.8. The van der Waals surface area contributed by atoms with Crippen molar-refractivity contribution in [3.63, 3.8) is 0 Å². The lowest BCUT2D eigenvalue weighted by Crippen LogP contribution is -2.65. The summed E-state index contributed by atoms with van der Waals surface area (Å²) < 4.78 is 22.9. The summed E-state index contributed by atoms with van der Waals surface area (Å²) in [5.41, 5.74) is 0. The Labute approximate surface area is 531 Å². The normalized spacial score (nSPS) is 23.4. The minimum atomic E-state index is -1.79. The van der Waals surface area contributed by atoms with E-state index in [0.29, 0.717) is 6.42 Å². The summed E-state index contributed by atoms with van der Waals surface area (Å²) in [6, 6.07) is -0.913. The number of hydrogen-bond acceptors (Lipinski definition) is 13. The van der Waals surface area contributed by atoms with Crippen molar-refractivity contribution >= 4 is 5.91 Å². The van der Waals surface area contributed by atoms with Gasteiger partial charge in [0.1, 0.15) is 48.8 Å². The molecule has 0 aromatic rings. The van der Waals surface area contributed by atoms with Crippen LogP contribution in [0.1, 0.15) is 328 Å². The van der Waals surface area contributed by atoms with Crippen LogP contribution in [-0.4, -0.2) is 140 Å². The summed E-state index contributed by atoms with van der Waals surface area (Å²) in [5.74, 6) is -0.233. The fourth-order valence-corrected chi connectivity index (χ4v) is 12.2. The van der Waals surface area contributed by atoms with Gasteiger partial charge in [-0.3, -0.25) is 4.79 Å². The van der Waals surface area contributed by atoms with Gasteiger partial charge < -0.3 is 65.1 Å². The average Bonchev–Trinajstić information content (AvgIpc) is 3.71. The molecule has 0 aromatic heterocycles.